The van der Waals surface area contributed by atoms with Gasteiger partial charge in [0.05, 0.1) is 7.11 Å². The largest absolute Gasteiger partial charge is 0.493 e. The second-order valence-electron chi connectivity index (χ2n) is 6.86. The molecule has 0 radical (unpaired) electrons. The Morgan fingerprint density at radius 2 is 1.71 bits per heavy atom. The highest BCUT2D eigenvalue weighted by molar-refractivity contribution is 6.03. The molecule has 160 valence electrons. The molecule has 0 aliphatic heterocycles. The summed E-state index contributed by atoms with van der Waals surface area (Å²) in [6.45, 7) is 2.51. The molecule has 1 N–H and O–H groups in total. The van der Waals surface area contributed by atoms with Crippen LogP contribution < -0.4 is 14.8 Å². The average Bonchev–Trinajstić information content (AvgIpc) is 2.77. The van der Waals surface area contributed by atoms with E-state index in [4.69, 9.17) is 14.2 Å². The van der Waals surface area contributed by atoms with Crippen LogP contribution in [-0.2, 0) is 14.3 Å². The number of fused-ring (bicyclic) bond motifs is 1. The lowest BCUT2D eigenvalue weighted by Gasteiger charge is -2.15. The Hall–Kier alpha value is -3.87. The number of rotatable bonds is 8. The highest BCUT2D eigenvalue weighted by Crippen LogP contribution is 2.28. The quantitative estimate of drug-likeness (QED) is 0.437. The van der Waals surface area contributed by atoms with E-state index < -0.39 is 24.6 Å². The summed E-state index contributed by atoms with van der Waals surface area (Å²) in [6.07, 6.45) is -1.02. The van der Waals surface area contributed by atoms with Crippen molar-refractivity contribution in [2.24, 2.45) is 0 Å². The maximum atomic E-state index is 12.5. The van der Waals surface area contributed by atoms with Crippen molar-refractivity contribution in [3.8, 4) is 11.5 Å². The zero-order valence-electron chi connectivity index (χ0n) is 17.5. The number of carbonyl (C=O) groups is 3. The topological polar surface area (TPSA) is 90.9 Å². The number of hydrogen-bond acceptors (Lipinski definition) is 6. The first-order valence-electron chi connectivity index (χ1n) is 9.69. The number of ketones is 1. The SMILES string of the molecule is COc1cc(C(C)=O)ccc1OCC(=O)OC(C)C(=O)Nc1cccc2ccccc12. The predicted molar refractivity (Wildman–Crippen MR) is 117 cm³/mol. The van der Waals surface area contributed by atoms with E-state index in [2.05, 4.69) is 5.32 Å². The highest BCUT2D eigenvalue weighted by Gasteiger charge is 2.19. The molecule has 0 aromatic heterocycles. The maximum absolute atomic E-state index is 12.5. The summed E-state index contributed by atoms with van der Waals surface area (Å²) >= 11 is 0. The number of carbonyl (C=O) groups excluding carboxylic acids is 3. The van der Waals surface area contributed by atoms with E-state index in [0.29, 0.717) is 17.0 Å². The first kappa shape index (κ1) is 21.8. The fourth-order valence-corrected chi connectivity index (χ4v) is 3.00. The summed E-state index contributed by atoms with van der Waals surface area (Å²) in [7, 11) is 1.43. The van der Waals surface area contributed by atoms with Crippen LogP contribution in [0.4, 0.5) is 5.69 Å². The van der Waals surface area contributed by atoms with Crippen molar-refractivity contribution >= 4 is 34.1 Å². The lowest BCUT2D eigenvalue weighted by Crippen LogP contribution is -2.31. The molecule has 0 saturated carbocycles. The van der Waals surface area contributed by atoms with Crippen LogP contribution in [-0.4, -0.2) is 37.5 Å². The first-order chi connectivity index (χ1) is 14.9. The fourth-order valence-electron chi connectivity index (χ4n) is 3.00. The van der Waals surface area contributed by atoms with Crippen LogP contribution in [0.1, 0.15) is 24.2 Å². The van der Waals surface area contributed by atoms with Crippen molar-refractivity contribution in [2.75, 3.05) is 19.0 Å². The van der Waals surface area contributed by atoms with E-state index in [9.17, 15) is 14.4 Å². The number of Topliss-reactive ketones (excluding diaryl/α,β-unsaturated/α-hetero) is 1. The second-order valence-corrected chi connectivity index (χ2v) is 6.86. The van der Waals surface area contributed by atoms with Gasteiger partial charge in [-0.1, -0.05) is 36.4 Å². The van der Waals surface area contributed by atoms with E-state index in [1.54, 1.807) is 18.2 Å². The zero-order chi connectivity index (χ0) is 22.4. The van der Waals surface area contributed by atoms with E-state index in [1.165, 1.54) is 27.0 Å². The minimum Gasteiger partial charge on any atom is -0.493 e. The van der Waals surface area contributed by atoms with Gasteiger partial charge in [0.25, 0.3) is 5.91 Å². The van der Waals surface area contributed by atoms with Gasteiger partial charge in [-0.2, -0.15) is 0 Å². The minimum atomic E-state index is -1.02. The Morgan fingerprint density at radius 1 is 0.968 bits per heavy atom. The van der Waals surface area contributed by atoms with Gasteiger partial charge in [-0.3, -0.25) is 9.59 Å². The molecule has 0 saturated heterocycles. The van der Waals surface area contributed by atoms with E-state index in [1.807, 2.05) is 36.4 Å². The molecule has 0 spiro atoms. The number of anilines is 1. The Kier molecular flexibility index (Phi) is 6.87. The van der Waals surface area contributed by atoms with Crippen molar-refractivity contribution < 1.29 is 28.6 Å². The van der Waals surface area contributed by atoms with Crippen molar-refractivity contribution in [1.82, 2.24) is 0 Å². The highest BCUT2D eigenvalue weighted by atomic mass is 16.6. The predicted octanol–water partition coefficient (Wildman–Crippen LogP) is 4.00. The lowest BCUT2D eigenvalue weighted by atomic mass is 10.1. The molecule has 1 unspecified atom stereocenters. The molecule has 1 atom stereocenters. The van der Waals surface area contributed by atoms with Gasteiger partial charge < -0.3 is 19.5 Å². The van der Waals surface area contributed by atoms with Gasteiger partial charge in [0.1, 0.15) is 0 Å². The number of methoxy groups -OCH3 is 1. The Balaban J connectivity index is 1.58. The van der Waals surface area contributed by atoms with Gasteiger partial charge in [-0.25, -0.2) is 4.79 Å². The molecule has 0 heterocycles. The molecule has 0 bridgehead atoms. The molecule has 0 aliphatic carbocycles. The lowest BCUT2D eigenvalue weighted by molar-refractivity contribution is -0.155. The molecule has 1 amide bonds. The molecular weight excluding hydrogens is 398 g/mol. The summed E-state index contributed by atoms with van der Waals surface area (Å²) in [5.74, 6) is -0.666. The van der Waals surface area contributed by atoms with Crippen molar-refractivity contribution in [2.45, 2.75) is 20.0 Å². The van der Waals surface area contributed by atoms with E-state index in [-0.39, 0.29) is 11.5 Å². The summed E-state index contributed by atoms with van der Waals surface area (Å²) in [5.41, 5.74) is 1.10. The van der Waals surface area contributed by atoms with Crippen molar-refractivity contribution in [3.63, 3.8) is 0 Å². The number of esters is 1. The molecule has 3 rings (SSSR count). The Morgan fingerprint density at radius 3 is 2.45 bits per heavy atom. The Bertz CT molecular complexity index is 1120. The van der Waals surface area contributed by atoms with E-state index in [0.717, 1.165) is 10.8 Å². The minimum absolute atomic E-state index is 0.115. The molecule has 7 nitrogen and oxygen atoms in total. The summed E-state index contributed by atoms with van der Waals surface area (Å²) in [5, 5.41) is 4.67. The van der Waals surface area contributed by atoms with Gasteiger partial charge in [0.2, 0.25) is 0 Å². The third-order valence-electron chi connectivity index (χ3n) is 4.64. The molecule has 0 fully saturated rings. The Labute approximate surface area is 179 Å². The number of nitrogens with one attached hydrogen (secondary N) is 1. The zero-order valence-corrected chi connectivity index (χ0v) is 17.5. The van der Waals surface area contributed by atoms with Crippen LogP contribution in [0.5, 0.6) is 11.5 Å². The van der Waals surface area contributed by atoms with Gasteiger partial charge in [-0.15, -0.1) is 0 Å². The third-order valence-corrected chi connectivity index (χ3v) is 4.64. The molecular formula is C24H23NO6. The monoisotopic (exact) mass is 421 g/mol. The molecule has 0 aliphatic rings. The molecule has 7 heteroatoms. The molecule has 3 aromatic carbocycles. The molecule has 3 aromatic rings. The van der Waals surface area contributed by atoms with Crippen LogP contribution in [0.3, 0.4) is 0 Å². The van der Waals surface area contributed by atoms with Crippen molar-refractivity contribution in [1.29, 1.82) is 0 Å². The van der Waals surface area contributed by atoms with Crippen LogP contribution in [0.25, 0.3) is 10.8 Å². The van der Waals surface area contributed by atoms with Gasteiger partial charge >= 0.3 is 5.97 Å². The summed E-state index contributed by atoms with van der Waals surface area (Å²) in [6, 6.07) is 17.9. The van der Waals surface area contributed by atoms with Crippen molar-refractivity contribution in [3.05, 3.63) is 66.2 Å². The number of hydrogen-bond donors (Lipinski definition) is 1. The van der Waals surface area contributed by atoms with Crippen LogP contribution in [0.2, 0.25) is 0 Å². The third kappa shape index (κ3) is 5.39. The molecule has 31 heavy (non-hydrogen) atoms. The summed E-state index contributed by atoms with van der Waals surface area (Å²) < 4.78 is 15.8. The van der Waals surface area contributed by atoms with E-state index >= 15 is 0 Å². The second kappa shape index (κ2) is 9.75. The number of ether oxygens (including phenoxy) is 3. The van der Waals surface area contributed by atoms with Crippen LogP contribution >= 0.6 is 0 Å². The van der Waals surface area contributed by atoms with Gasteiger partial charge in [0, 0.05) is 16.6 Å². The number of amides is 1. The maximum Gasteiger partial charge on any atom is 0.344 e. The van der Waals surface area contributed by atoms with Gasteiger partial charge in [0.15, 0.2) is 30.0 Å². The number of benzene rings is 3. The van der Waals surface area contributed by atoms with Gasteiger partial charge in [-0.05, 0) is 43.5 Å². The summed E-state index contributed by atoms with van der Waals surface area (Å²) in [4.78, 5) is 36.1. The van der Waals surface area contributed by atoms with Crippen LogP contribution in [0, 0.1) is 0 Å². The smallest absolute Gasteiger partial charge is 0.344 e. The first-order valence-corrected chi connectivity index (χ1v) is 9.69. The van der Waals surface area contributed by atoms with Crippen LogP contribution in [0.15, 0.2) is 60.7 Å². The normalized spacial score (nSPS) is 11.5. The standard InChI is InChI=1S/C24H23NO6/c1-15(26)18-11-12-21(22(13-18)29-3)30-14-23(27)31-16(2)24(28)25-20-10-6-8-17-7-4-5-9-19(17)20/h4-13,16H,14H2,1-3H3,(H,25,28). The average molecular weight is 421 g/mol. The fraction of sp³-hybridized carbons (Fsp3) is 0.208.